The van der Waals surface area contributed by atoms with E-state index in [1.54, 1.807) is 0 Å². The van der Waals surface area contributed by atoms with Gasteiger partial charge in [-0.25, -0.2) is 5.32 Å². The number of carboxylic acid groups (broad SMARTS) is 2. The van der Waals surface area contributed by atoms with E-state index in [9.17, 15) is 46.1 Å². The van der Waals surface area contributed by atoms with Crippen LogP contribution in [0, 0.1) is 17.8 Å². The molecule has 0 radical (unpaired) electrons. The van der Waals surface area contributed by atoms with Crippen LogP contribution < -0.4 is 5.32 Å². The van der Waals surface area contributed by atoms with E-state index in [0.717, 1.165) is 6.92 Å². The molecule has 140 valence electrons. The molecular weight excluding hydrogens is 356 g/mol. The second kappa shape index (κ2) is 5.74. The molecule has 1 heterocycles. The second-order valence-electron chi connectivity index (χ2n) is 5.36. The maximum atomic E-state index is 13.1. The molecule has 1 saturated heterocycles. The van der Waals surface area contributed by atoms with Gasteiger partial charge in [-0.1, -0.05) is 13.3 Å². The van der Waals surface area contributed by atoms with Crippen LogP contribution in [-0.4, -0.2) is 56.2 Å². The Hall–Kier alpha value is -1.60. The molecular formula is C11H13F6NO6. The van der Waals surface area contributed by atoms with E-state index in [0.29, 0.717) is 5.32 Å². The molecule has 0 aromatic heterocycles. The Kier molecular flexibility index (Phi) is 4.89. The first kappa shape index (κ1) is 20.4. The van der Waals surface area contributed by atoms with Crippen molar-refractivity contribution in [3.63, 3.8) is 0 Å². The minimum Gasteiger partial charge on any atom is -0.481 e. The summed E-state index contributed by atoms with van der Waals surface area (Å²) in [6, 6.07) is 0. The lowest BCUT2D eigenvalue weighted by atomic mass is 9.65. The van der Waals surface area contributed by atoms with E-state index in [2.05, 4.69) is 0 Å². The molecule has 0 spiro atoms. The summed E-state index contributed by atoms with van der Waals surface area (Å²) in [6.07, 6.45) is -12.7. The van der Waals surface area contributed by atoms with Crippen molar-refractivity contribution in [3.8, 4) is 0 Å². The molecule has 1 fully saturated rings. The topological polar surface area (TPSA) is 127 Å². The molecule has 0 aromatic carbocycles. The number of hydrogen-bond acceptors (Lipinski definition) is 5. The van der Waals surface area contributed by atoms with Crippen LogP contribution in [-0.2, 0) is 9.59 Å². The van der Waals surface area contributed by atoms with Crippen LogP contribution in [0.1, 0.15) is 13.3 Å². The number of piperidine rings is 1. The van der Waals surface area contributed by atoms with Crippen LogP contribution in [0.2, 0.25) is 0 Å². The standard InChI is InChI=1S/C11H13F6NO6/c1-2-3-4(6(19)20)8(23,10(12,13)14)18-9(24,11(15,16)17)5(3)7(21)22/h3-5,18,23-24H,2H2,1H3,(H,19,20)(H,21,22). The van der Waals surface area contributed by atoms with Crippen LogP contribution in [0.3, 0.4) is 0 Å². The van der Waals surface area contributed by atoms with Gasteiger partial charge in [0.15, 0.2) is 0 Å². The highest BCUT2D eigenvalue weighted by molar-refractivity contribution is 5.77. The van der Waals surface area contributed by atoms with E-state index < -0.39 is 59.9 Å². The Morgan fingerprint density at radius 1 is 0.917 bits per heavy atom. The van der Waals surface area contributed by atoms with Crippen LogP contribution in [0.4, 0.5) is 26.3 Å². The molecule has 0 saturated carbocycles. The highest BCUT2D eigenvalue weighted by atomic mass is 19.4. The molecule has 13 heteroatoms. The highest BCUT2D eigenvalue weighted by Gasteiger charge is 2.77. The molecule has 5 N–H and O–H groups in total. The summed E-state index contributed by atoms with van der Waals surface area (Å²) in [5.41, 5.74) is -9.40. The summed E-state index contributed by atoms with van der Waals surface area (Å²) in [6.45, 7) is 0.940. The Balaban J connectivity index is 3.75. The van der Waals surface area contributed by atoms with Crippen LogP contribution in [0.15, 0.2) is 0 Å². The number of carbonyl (C=O) groups is 2. The molecule has 0 aliphatic carbocycles. The van der Waals surface area contributed by atoms with Gasteiger partial charge in [0, 0.05) is 0 Å². The van der Waals surface area contributed by atoms with Crippen LogP contribution in [0.5, 0.6) is 0 Å². The highest BCUT2D eigenvalue weighted by Crippen LogP contribution is 2.52. The first-order valence-corrected chi connectivity index (χ1v) is 6.37. The van der Waals surface area contributed by atoms with Gasteiger partial charge in [-0.2, -0.15) is 26.3 Å². The fourth-order valence-electron chi connectivity index (χ4n) is 2.95. The normalized spacial score (nSPS) is 38.0. The molecule has 4 unspecified atom stereocenters. The number of rotatable bonds is 3. The van der Waals surface area contributed by atoms with Crippen molar-refractivity contribution >= 4 is 11.9 Å². The number of carboxylic acids is 2. The summed E-state index contributed by atoms with van der Waals surface area (Å²) < 4.78 is 78.6. The molecule has 4 atom stereocenters. The Morgan fingerprint density at radius 2 is 1.21 bits per heavy atom. The number of hydrogen-bond donors (Lipinski definition) is 5. The van der Waals surface area contributed by atoms with E-state index >= 15 is 0 Å². The lowest BCUT2D eigenvalue weighted by Gasteiger charge is -2.53. The van der Waals surface area contributed by atoms with Crippen LogP contribution in [0.25, 0.3) is 0 Å². The van der Waals surface area contributed by atoms with Crippen molar-refractivity contribution < 1.29 is 56.4 Å². The molecule has 1 aliphatic heterocycles. The Labute approximate surface area is 129 Å². The van der Waals surface area contributed by atoms with Gasteiger partial charge in [-0.05, 0) is 5.92 Å². The first-order valence-electron chi connectivity index (χ1n) is 6.37. The van der Waals surface area contributed by atoms with E-state index in [1.807, 2.05) is 0 Å². The number of aliphatic carboxylic acids is 2. The van der Waals surface area contributed by atoms with Gasteiger partial charge in [0.2, 0.25) is 11.4 Å². The van der Waals surface area contributed by atoms with Gasteiger partial charge in [-0.15, -0.1) is 0 Å². The fraction of sp³-hybridized carbons (Fsp3) is 0.818. The quantitative estimate of drug-likeness (QED) is 0.459. The minimum atomic E-state index is -5.95. The third-order valence-corrected chi connectivity index (χ3v) is 4.01. The summed E-state index contributed by atoms with van der Waals surface area (Å²) in [4.78, 5) is 22.3. The molecule has 1 rings (SSSR count). The number of aliphatic hydroxyl groups is 2. The molecule has 0 bridgehead atoms. The van der Waals surface area contributed by atoms with E-state index in [-0.39, 0.29) is 0 Å². The molecule has 0 aromatic rings. The number of halogens is 6. The summed E-state index contributed by atoms with van der Waals surface area (Å²) >= 11 is 0. The molecule has 24 heavy (non-hydrogen) atoms. The van der Waals surface area contributed by atoms with Crippen LogP contribution >= 0.6 is 0 Å². The summed E-state index contributed by atoms with van der Waals surface area (Å²) in [5, 5.41) is 37.7. The third-order valence-electron chi connectivity index (χ3n) is 4.01. The smallest absolute Gasteiger partial charge is 0.431 e. The zero-order valence-electron chi connectivity index (χ0n) is 11.8. The molecule has 7 nitrogen and oxygen atoms in total. The maximum absolute atomic E-state index is 13.1. The zero-order chi connectivity index (χ0) is 19.3. The fourth-order valence-corrected chi connectivity index (χ4v) is 2.95. The van der Waals surface area contributed by atoms with Gasteiger partial charge >= 0.3 is 24.3 Å². The average Bonchev–Trinajstić information content (AvgIpc) is 2.33. The predicted octanol–water partition coefficient (Wildman–Crippen LogP) is 0.519. The first-order chi connectivity index (χ1) is 10.5. The predicted molar refractivity (Wildman–Crippen MR) is 61.2 cm³/mol. The van der Waals surface area contributed by atoms with Crippen molar-refractivity contribution in [1.82, 2.24) is 5.32 Å². The number of nitrogens with one attached hydrogen (secondary N) is 1. The lowest BCUT2D eigenvalue weighted by Crippen LogP contribution is -2.82. The largest absolute Gasteiger partial charge is 0.481 e. The van der Waals surface area contributed by atoms with Gasteiger partial charge in [-0.3, -0.25) is 9.59 Å². The van der Waals surface area contributed by atoms with Gasteiger partial charge in [0.05, 0.1) is 0 Å². The van der Waals surface area contributed by atoms with E-state index in [1.165, 1.54) is 0 Å². The van der Waals surface area contributed by atoms with Gasteiger partial charge in [0.1, 0.15) is 11.8 Å². The van der Waals surface area contributed by atoms with Gasteiger partial charge < -0.3 is 20.4 Å². The van der Waals surface area contributed by atoms with Crippen molar-refractivity contribution in [2.24, 2.45) is 17.8 Å². The lowest BCUT2D eigenvalue weighted by molar-refractivity contribution is -0.381. The monoisotopic (exact) mass is 369 g/mol. The Morgan fingerprint density at radius 3 is 1.38 bits per heavy atom. The SMILES string of the molecule is CCC1C(C(=O)O)C(O)(C(F)(F)F)NC(O)(C(F)(F)F)C1C(=O)O. The summed E-state index contributed by atoms with van der Waals surface area (Å²) in [5.74, 6) is -13.1. The van der Waals surface area contributed by atoms with Crippen molar-refractivity contribution in [2.45, 2.75) is 37.1 Å². The Bertz CT molecular complexity index is 492. The summed E-state index contributed by atoms with van der Waals surface area (Å²) in [7, 11) is 0. The average molecular weight is 369 g/mol. The molecule has 0 amide bonds. The third kappa shape index (κ3) is 2.80. The number of alkyl halides is 6. The van der Waals surface area contributed by atoms with Crippen molar-refractivity contribution in [3.05, 3.63) is 0 Å². The maximum Gasteiger partial charge on any atom is 0.431 e. The van der Waals surface area contributed by atoms with E-state index in [4.69, 9.17) is 10.2 Å². The molecule has 1 aliphatic rings. The van der Waals surface area contributed by atoms with Crippen molar-refractivity contribution in [1.29, 1.82) is 0 Å². The minimum absolute atomic E-state index is 0.413. The second-order valence-corrected chi connectivity index (χ2v) is 5.36. The van der Waals surface area contributed by atoms with Gasteiger partial charge in [0.25, 0.3) is 0 Å². The zero-order valence-corrected chi connectivity index (χ0v) is 11.8. The van der Waals surface area contributed by atoms with Crippen molar-refractivity contribution in [2.75, 3.05) is 0 Å².